The Morgan fingerprint density at radius 3 is 2.53 bits per heavy atom. The predicted molar refractivity (Wildman–Crippen MR) is 59.4 cm³/mol. The zero-order chi connectivity index (χ0) is 11.3. The van der Waals surface area contributed by atoms with Crippen molar-refractivity contribution in [3.05, 3.63) is 23.3 Å². The first kappa shape index (κ1) is 11.6. The summed E-state index contributed by atoms with van der Waals surface area (Å²) >= 11 is 0. The SMILES string of the molecule is CC.CCc1c(C#N)ncnc1C1CC1. The summed E-state index contributed by atoms with van der Waals surface area (Å²) in [6.45, 7) is 6.05. The topological polar surface area (TPSA) is 49.6 Å². The number of hydrogen-bond donors (Lipinski definition) is 0. The van der Waals surface area contributed by atoms with E-state index >= 15 is 0 Å². The van der Waals surface area contributed by atoms with Crippen molar-refractivity contribution in [2.75, 3.05) is 0 Å². The Kier molecular flexibility index (Phi) is 4.23. The molecule has 0 bridgehead atoms. The first-order valence-electron chi connectivity index (χ1n) is 5.60. The molecule has 1 heterocycles. The van der Waals surface area contributed by atoms with Crippen molar-refractivity contribution in [3.8, 4) is 6.07 Å². The van der Waals surface area contributed by atoms with Crippen LogP contribution in [0.5, 0.6) is 0 Å². The normalized spacial score (nSPS) is 13.7. The molecule has 1 aromatic heterocycles. The van der Waals surface area contributed by atoms with Gasteiger partial charge in [-0.25, -0.2) is 9.97 Å². The average Bonchev–Trinajstić information content (AvgIpc) is 3.14. The van der Waals surface area contributed by atoms with Gasteiger partial charge in [-0.15, -0.1) is 0 Å². The Morgan fingerprint density at radius 2 is 2.07 bits per heavy atom. The molecule has 80 valence electrons. The van der Waals surface area contributed by atoms with Gasteiger partial charge in [0, 0.05) is 11.5 Å². The van der Waals surface area contributed by atoms with Crippen molar-refractivity contribution in [2.45, 2.75) is 46.0 Å². The number of rotatable bonds is 2. The van der Waals surface area contributed by atoms with Gasteiger partial charge in [0.25, 0.3) is 0 Å². The fraction of sp³-hybridized carbons (Fsp3) is 0.583. The minimum Gasteiger partial charge on any atom is -0.241 e. The second kappa shape index (κ2) is 5.45. The van der Waals surface area contributed by atoms with Crippen LogP contribution in [0.3, 0.4) is 0 Å². The largest absolute Gasteiger partial charge is 0.241 e. The number of aromatic nitrogens is 2. The summed E-state index contributed by atoms with van der Waals surface area (Å²) in [4.78, 5) is 8.22. The third kappa shape index (κ3) is 2.53. The molecular weight excluding hydrogens is 186 g/mol. The van der Waals surface area contributed by atoms with Gasteiger partial charge in [-0.1, -0.05) is 20.8 Å². The molecule has 15 heavy (non-hydrogen) atoms. The van der Waals surface area contributed by atoms with Gasteiger partial charge in [0.05, 0.1) is 5.69 Å². The summed E-state index contributed by atoms with van der Waals surface area (Å²) in [7, 11) is 0. The highest BCUT2D eigenvalue weighted by molar-refractivity contribution is 5.36. The average molecular weight is 203 g/mol. The molecule has 0 radical (unpaired) electrons. The standard InChI is InChI=1S/C10H11N3.C2H6/c1-2-8-9(5-11)12-6-13-10(8)7-3-4-7;1-2/h6-7H,2-4H2,1H3;1-2H3. The van der Waals surface area contributed by atoms with Gasteiger partial charge < -0.3 is 0 Å². The van der Waals surface area contributed by atoms with Gasteiger partial charge in [0.15, 0.2) is 0 Å². The number of nitriles is 1. The van der Waals surface area contributed by atoms with E-state index in [4.69, 9.17) is 5.26 Å². The van der Waals surface area contributed by atoms with E-state index in [2.05, 4.69) is 16.0 Å². The second-order valence-corrected chi connectivity index (χ2v) is 3.33. The van der Waals surface area contributed by atoms with Gasteiger partial charge in [-0.2, -0.15) is 5.26 Å². The molecule has 0 unspecified atom stereocenters. The minimum absolute atomic E-state index is 0.555. The molecule has 3 heteroatoms. The van der Waals surface area contributed by atoms with E-state index in [-0.39, 0.29) is 0 Å². The molecule has 1 fully saturated rings. The molecule has 0 atom stereocenters. The maximum Gasteiger partial charge on any atom is 0.147 e. The summed E-state index contributed by atoms with van der Waals surface area (Å²) in [6, 6.07) is 2.12. The fourth-order valence-electron chi connectivity index (χ4n) is 1.58. The molecule has 2 rings (SSSR count). The number of nitrogens with zero attached hydrogens (tertiary/aromatic N) is 3. The lowest BCUT2D eigenvalue weighted by Gasteiger charge is -2.05. The van der Waals surface area contributed by atoms with E-state index in [0.717, 1.165) is 17.7 Å². The first-order chi connectivity index (χ1) is 7.36. The van der Waals surface area contributed by atoms with Crippen LogP contribution in [0, 0.1) is 11.3 Å². The van der Waals surface area contributed by atoms with Crippen LogP contribution in [0.2, 0.25) is 0 Å². The molecule has 0 N–H and O–H groups in total. The Morgan fingerprint density at radius 1 is 1.40 bits per heavy atom. The summed E-state index contributed by atoms with van der Waals surface area (Å²) in [5.74, 6) is 0.602. The molecule has 1 aromatic rings. The summed E-state index contributed by atoms with van der Waals surface area (Å²) in [5, 5.41) is 8.84. The van der Waals surface area contributed by atoms with E-state index in [1.807, 2.05) is 20.8 Å². The molecule has 0 spiro atoms. The smallest absolute Gasteiger partial charge is 0.147 e. The predicted octanol–water partition coefficient (Wildman–Crippen LogP) is 2.81. The fourth-order valence-corrected chi connectivity index (χ4v) is 1.58. The van der Waals surface area contributed by atoms with E-state index in [1.54, 1.807) is 0 Å². The molecule has 0 aliphatic heterocycles. The zero-order valence-corrected chi connectivity index (χ0v) is 9.62. The van der Waals surface area contributed by atoms with Crippen LogP contribution in [0.15, 0.2) is 6.33 Å². The van der Waals surface area contributed by atoms with Gasteiger partial charge in [0.2, 0.25) is 0 Å². The van der Waals surface area contributed by atoms with Crippen molar-refractivity contribution in [3.63, 3.8) is 0 Å². The van der Waals surface area contributed by atoms with Gasteiger partial charge in [-0.3, -0.25) is 0 Å². The van der Waals surface area contributed by atoms with Crippen molar-refractivity contribution in [2.24, 2.45) is 0 Å². The van der Waals surface area contributed by atoms with Crippen LogP contribution in [-0.4, -0.2) is 9.97 Å². The van der Waals surface area contributed by atoms with Crippen LogP contribution in [0.1, 0.15) is 56.5 Å². The maximum atomic E-state index is 8.84. The molecule has 1 aliphatic rings. The highest BCUT2D eigenvalue weighted by Gasteiger charge is 2.28. The Bertz CT molecular complexity index is 362. The molecule has 1 aliphatic carbocycles. The third-order valence-corrected chi connectivity index (χ3v) is 2.40. The summed E-state index contributed by atoms with van der Waals surface area (Å²) in [5.41, 5.74) is 2.71. The van der Waals surface area contributed by atoms with Crippen molar-refractivity contribution in [1.82, 2.24) is 9.97 Å². The molecule has 3 nitrogen and oxygen atoms in total. The summed E-state index contributed by atoms with van der Waals surface area (Å²) < 4.78 is 0. The van der Waals surface area contributed by atoms with Crippen molar-refractivity contribution >= 4 is 0 Å². The van der Waals surface area contributed by atoms with E-state index in [1.165, 1.54) is 19.2 Å². The minimum atomic E-state index is 0.555. The third-order valence-electron chi connectivity index (χ3n) is 2.40. The Balaban J connectivity index is 0.000000531. The molecule has 0 saturated heterocycles. The van der Waals surface area contributed by atoms with Crippen LogP contribution >= 0.6 is 0 Å². The van der Waals surface area contributed by atoms with Crippen molar-refractivity contribution in [1.29, 1.82) is 5.26 Å². The first-order valence-corrected chi connectivity index (χ1v) is 5.60. The maximum absolute atomic E-state index is 8.84. The van der Waals surface area contributed by atoms with Crippen LogP contribution < -0.4 is 0 Å². The van der Waals surface area contributed by atoms with E-state index in [9.17, 15) is 0 Å². The number of hydrogen-bond acceptors (Lipinski definition) is 3. The van der Waals surface area contributed by atoms with Crippen LogP contribution in [0.4, 0.5) is 0 Å². The Hall–Kier alpha value is -1.43. The molecule has 0 amide bonds. The van der Waals surface area contributed by atoms with Crippen LogP contribution in [0.25, 0.3) is 0 Å². The Labute approximate surface area is 91.2 Å². The monoisotopic (exact) mass is 203 g/mol. The lowest BCUT2D eigenvalue weighted by atomic mass is 10.1. The van der Waals surface area contributed by atoms with E-state index < -0.39 is 0 Å². The molecule has 1 saturated carbocycles. The quantitative estimate of drug-likeness (QED) is 0.742. The summed E-state index contributed by atoms with van der Waals surface area (Å²) in [6.07, 6.45) is 4.80. The lowest BCUT2D eigenvalue weighted by Crippen LogP contribution is -2.00. The van der Waals surface area contributed by atoms with Crippen LogP contribution in [-0.2, 0) is 6.42 Å². The molecule has 0 aromatic carbocycles. The van der Waals surface area contributed by atoms with Gasteiger partial charge in [0.1, 0.15) is 18.1 Å². The lowest BCUT2D eigenvalue weighted by molar-refractivity contribution is 0.910. The van der Waals surface area contributed by atoms with Gasteiger partial charge >= 0.3 is 0 Å². The highest BCUT2D eigenvalue weighted by atomic mass is 14.9. The highest BCUT2D eigenvalue weighted by Crippen LogP contribution is 2.40. The van der Waals surface area contributed by atoms with Gasteiger partial charge in [-0.05, 0) is 19.3 Å². The van der Waals surface area contributed by atoms with E-state index in [0.29, 0.717) is 11.6 Å². The molecular formula is C12H17N3. The second-order valence-electron chi connectivity index (χ2n) is 3.33. The van der Waals surface area contributed by atoms with Crippen molar-refractivity contribution < 1.29 is 0 Å². The zero-order valence-electron chi connectivity index (χ0n) is 9.62.